The molecule has 0 spiro atoms. The van der Waals surface area contributed by atoms with Gasteiger partial charge in [0.2, 0.25) is 0 Å². The molecule has 134 valence electrons. The highest BCUT2D eigenvalue weighted by Gasteiger charge is 2.03. The summed E-state index contributed by atoms with van der Waals surface area (Å²) in [6, 6.07) is 0. The summed E-state index contributed by atoms with van der Waals surface area (Å²) in [5.41, 5.74) is 0. The minimum absolute atomic E-state index is 0. The van der Waals surface area contributed by atoms with Crippen LogP contribution in [0.15, 0.2) is 11.3 Å². The van der Waals surface area contributed by atoms with E-state index in [-0.39, 0.29) is 24.0 Å². The first-order chi connectivity index (χ1) is 10.7. The Morgan fingerprint density at radius 2 is 2.13 bits per heavy atom. The molecule has 23 heavy (non-hydrogen) atoms. The second-order valence-corrected chi connectivity index (χ2v) is 5.48. The molecular weight excluding hydrogens is 407 g/mol. The first kappa shape index (κ1) is 22.1. The molecule has 1 heterocycles. The van der Waals surface area contributed by atoms with Crippen LogP contribution in [-0.2, 0) is 17.8 Å². The van der Waals surface area contributed by atoms with Crippen molar-refractivity contribution in [3.05, 3.63) is 12.2 Å². The van der Waals surface area contributed by atoms with Crippen molar-refractivity contribution in [3.63, 3.8) is 0 Å². The van der Waals surface area contributed by atoms with E-state index in [1.165, 1.54) is 0 Å². The number of nitrogens with zero attached hydrogens (tertiary/aromatic N) is 4. The summed E-state index contributed by atoms with van der Waals surface area (Å²) in [7, 11) is 0. The number of guanidine groups is 1. The average Bonchev–Trinajstić information content (AvgIpc) is 2.95. The fourth-order valence-electron chi connectivity index (χ4n) is 1.86. The number of aromatic nitrogens is 3. The van der Waals surface area contributed by atoms with Gasteiger partial charge in [0.25, 0.3) is 0 Å². The third kappa shape index (κ3) is 9.75. The minimum Gasteiger partial charge on any atom is -0.381 e. The molecule has 0 saturated carbocycles. The van der Waals surface area contributed by atoms with Crippen LogP contribution in [0.4, 0.5) is 0 Å². The van der Waals surface area contributed by atoms with E-state index in [2.05, 4.69) is 53.5 Å². The largest absolute Gasteiger partial charge is 0.381 e. The Morgan fingerprint density at radius 3 is 2.78 bits per heavy atom. The summed E-state index contributed by atoms with van der Waals surface area (Å²) < 4.78 is 7.56. The summed E-state index contributed by atoms with van der Waals surface area (Å²) in [6.07, 6.45) is 2.69. The number of aryl methyl sites for hydroxylation is 1. The van der Waals surface area contributed by atoms with Crippen LogP contribution < -0.4 is 10.6 Å². The van der Waals surface area contributed by atoms with E-state index in [0.29, 0.717) is 12.5 Å². The van der Waals surface area contributed by atoms with Gasteiger partial charge in [-0.05, 0) is 26.2 Å². The summed E-state index contributed by atoms with van der Waals surface area (Å²) in [5, 5.41) is 14.5. The number of aliphatic imine (C=N–C) groups is 1. The van der Waals surface area contributed by atoms with Crippen molar-refractivity contribution in [2.24, 2.45) is 10.9 Å². The molecule has 1 aromatic heterocycles. The molecule has 0 saturated heterocycles. The summed E-state index contributed by atoms with van der Waals surface area (Å²) in [4.78, 5) is 4.54. The van der Waals surface area contributed by atoms with Crippen LogP contribution >= 0.6 is 24.0 Å². The van der Waals surface area contributed by atoms with Gasteiger partial charge >= 0.3 is 0 Å². The van der Waals surface area contributed by atoms with Crippen LogP contribution in [0, 0.1) is 5.92 Å². The Balaban J connectivity index is 0.00000484. The molecular formula is C15H31IN6O. The predicted octanol–water partition coefficient (Wildman–Crippen LogP) is 2.03. The third-order valence-corrected chi connectivity index (χ3v) is 2.97. The van der Waals surface area contributed by atoms with E-state index in [1.807, 2.05) is 4.57 Å². The van der Waals surface area contributed by atoms with Gasteiger partial charge in [-0.15, -0.1) is 34.2 Å². The van der Waals surface area contributed by atoms with Gasteiger partial charge in [-0.1, -0.05) is 13.8 Å². The third-order valence-electron chi connectivity index (χ3n) is 2.97. The smallest absolute Gasteiger partial charge is 0.191 e. The lowest BCUT2D eigenvalue weighted by Gasteiger charge is -2.12. The number of nitrogens with one attached hydrogen (secondary N) is 2. The number of hydrogen-bond acceptors (Lipinski definition) is 4. The molecule has 0 radical (unpaired) electrons. The van der Waals surface area contributed by atoms with Crippen LogP contribution in [-0.4, -0.2) is 47.0 Å². The maximum absolute atomic E-state index is 5.56. The molecule has 0 aliphatic rings. The highest BCUT2D eigenvalue weighted by molar-refractivity contribution is 14.0. The summed E-state index contributed by atoms with van der Waals surface area (Å²) >= 11 is 0. The SMILES string of the molecule is CCNC(=NCc1nncn1CC)NCCCOCC(C)C.I. The lowest BCUT2D eigenvalue weighted by Crippen LogP contribution is -2.38. The van der Waals surface area contributed by atoms with Crippen LogP contribution in [0.5, 0.6) is 0 Å². The zero-order valence-electron chi connectivity index (χ0n) is 14.7. The first-order valence-corrected chi connectivity index (χ1v) is 8.13. The molecule has 0 bridgehead atoms. The number of halogens is 1. The molecule has 7 nitrogen and oxygen atoms in total. The van der Waals surface area contributed by atoms with E-state index in [9.17, 15) is 0 Å². The lowest BCUT2D eigenvalue weighted by molar-refractivity contribution is 0.108. The number of hydrogen-bond donors (Lipinski definition) is 2. The van der Waals surface area contributed by atoms with Crippen LogP contribution in [0.3, 0.4) is 0 Å². The molecule has 0 unspecified atom stereocenters. The predicted molar refractivity (Wildman–Crippen MR) is 104 cm³/mol. The first-order valence-electron chi connectivity index (χ1n) is 8.13. The topological polar surface area (TPSA) is 76.4 Å². The molecule has 0 atom stereocenters. The molecule has 1 aromatic rings. The van der Waals surface area contributed by atoms with Crippen molar-refractivity contribution in [2.75, 3.05) is 26.3 Å². The van der Waals surface area contributed by atoms with Crippen molar-refractivity contribution >= 4 is 29.9 Å². The Kier molecular flexibility index (Phi) is 13.0. The number of ether oxygens (including phenoxy) is 1. The molecule has 0 amide bonds. The minimum atomic E-state index is 0. The highest BCUT2D eigenvalue weighted by atomic mass is 127. The van der Waals surface area contributed by atoms with Crippen LogP contribution in [0.2, 0.25) is 0 Å². The standard InChI is InChI=1S/C15H30N6O.HI/c1-5-16-15(17-8-7-9-22-11-13(3)4)18-10-14-20-19-12-21(14)6-2;/h12-13H,5-11H2,1-4H3,(H2,16,17,18);1H. The maximum Gasteiger partial charge on any atom is 0.191 e. The number of rotatable bonds is 10. The Bertz CT molecular complexity index is 435. The van der Waals surface area contributed by atoms with Crippen molar-refractivity contribution in [2.45, 2.75) is 47.2 Å². The van der Waals surface area contributed by atoms with Gasteiger partial charge < -0.3 is 19.9 Å². The van der Waals surface area contributed by atoms with Gasteiger partial charge in [0, 0.05) is 32.8 Å². The fourth-order valence-corrected chi connectivity index (χ4v) is 1.86. The summed E-state index contributed by atoms with van der Waals surface area (Å²) in [6.45, 7) is 13.1. The monoisotopic (exact) mass is 438 g/mol. The van der Waals surface area contributed by atoms with E-state index in [0.717, 1.165) is 51.1 Å². The highest BCUT2D eigenvalue weighted by Crippen LogP contribution is 1.97. The van der Waals surface area contributed by atoms with Crippen LogP contribution in [0.25, 0.3) is 0 Å². The van der Waals surface area contributed by atoms with Gasteiger partial charge in [-0.25, -0.2) is 4.99 Å². The normalized spacial score (nSPS) is 11.4. The van der Waals surface area contributed by atoms with Crippen molar-refractivity contribution in [1.29, 1.82) is 0 Å². The Hall–Kier alpha value is -0.900. The van der Waals surface area contributed by atoms with E-state index < -0.39 is 0 Å². The van der Waals surface area contributed by atoms with Gasteiger partial charge in [0.15, 0.2) is 11.8 Å². The van der Waals surface area contributed by atoms with E-state index in [4.69, 9.17) is 4.74 Å². The van der Waals surface area contributed by atoms with Gasteiger partial charge in [-0.2, -0.15) is 0 Å². The molecule has 0 aromatic carbocycles. The second kappa shape index (κ2) is 13.5. The lowest BCUT2D eigenvalue weighted by atomic mass is 10.2. The molecule has 1 rings (SSSR count). The van der Waals surface area contributed by atoms with E-state index in [1.54, 1.807) is 6.33 Å². The maximum atomic E-state index is 5.56. The Labute approximate surface area is 156 Å². The average molecular weight is 438 g/mol. The summed E-state index contributed by atoms with van der Waals surface area (Å²) in [5.74, 6) is 2.26. The molecule has 0 aliphatic heterocycles. The van der Waals surface area contributed by atoms with Crippen LogP contribution in [0.1, 0.15) is 39.9 Å². The zero-order valence-corrected chi connectivity index (χ0v) is 17.0. The molecule has 2 N–H and O–H groups in total. The van der Waals surface area contributed by atoms with Crippen molar-refractivity contribution < 1.29 is 4.74 Å². The van der Waals surface area contributed by atoms with Crippen molar-refractivity contribution in [1.82, 2.24) is 25.4 Å². The van der Waals surface area contributed by atoms with Crippen molar-refractivity contribution in [3.8, 4) is 0 Å². The molecule has 0 aliphatic carbocycles. The second-order valence-electron chi connectivity index (χ2n) is 5.48. The van der Waals surface area contributed by atoms with E-state index >= 15 is 0 Å². The molecule has 8 heteroatoms. The Morgan fingerprint density at radius 1 is 1.35 bits per heavy atom. The van der Waals surface area contributed by atoms with Gasteiger partial charge in [0.05, 0.1) is 0 Å². The van der Waals surface area contributed by atoms with Gasteiger partial charge in [0.1, 0.15) is 12.9 Å². The fraction of sp³-hybridized carbons (Fsp3) is 0.800. The quantitative estimate of drug-likeness (QED) is 0.253. The zero-order chi connectivity index (χ0) is 16.2. The van der Waals surface area contributed by atoms with Gasteiger partial charge in [-0.3, -0.25) is 0 Å². The molecule has 0 fully saturated rings.